The number of nitrogens with zero attached hydrogens (tertiary/aromatic N) is 2. The van der Waals surface area contributed by atoms with Gasteiger partial charge >= 0.3 is 0 Å². The van der Waals surface area contributed by atoms with Crippen LogP contribution in [0.3, 0.4) is 0 Å². The van der Waals surface area contributed by atoms with E-state index in [0.717, 1.165) is 30.5 Å². The van der Waals surface area contributed by atoms with Crippen LogP contribution in [0.25, 0.3) is 0 Å². The number of hydrogen-bond acceptors (Lipinski definition) is 4. The molecule has 31 heavy (non-hydrogen) atoms. The van der Waals surface area contributed by atoms with E-state index in [9.17, 15) is 17.2 Å². The molecule has 0 amide bonds. The first-order valence-electron chi connectivity index (χ1n) is 10.5. The van der Waals surface area contributed by atoms with Crippen molar-refractivity contribution in [1.82, 2.24) is 9.46 Å². The number of benzene rings is 1. The smallest absolute Gasteiger partial charge is 0.221 e. The van der Waals surface area contributed by atoms with Crippen molar-refractivity contribution in [3.63, 3.8) is 0 Å². The minimum atomic E-state index is -3.66. The molecule has 1 aromatic carbocycles. The Bertz CT molecular complexity index is 1140. The summed E-state index contributed by atoms with van der Waals surface area (Å²) in [7, 11) is -3.66. The average Bonchev–Trinajstić information content (AvgIpc) is 3.18. The van der Waals surface area contributed by atoms with E-state index in [-0.39, 0.29) is 17.7 Å². The van der Waals surface area contributed by atoms with Crippen LogP contribution in [0.4, 0.5) is 8.78 Å². The topological polar surface area (TPSA) is 63.4 Å². The number of aromatic nitrogens is 1. The molecule has 1 aliphatic heterocycles. The highest BCUT2D eigenvalue weighted by molar-refractivity contribution is 7.90. The maximum absolute atomic E-state index is 14.9. The Balaban J connectivity index is 1.58. The van der Waals surface area contributed by atoms with Gasteiger partial charge in [-0.1, -0.05) is 30.3 Å². The highest BCUT2D eigenvalue weighted by Crippen LogP contribution is 2.33. The molecule has 5 nitrogen and oxygen atoms in total. The van der Waals surface area contributed by atoms with Gasteiger partial charge in [-0.2, -0.15) is 4.31 Å². The van der Waals surface area contributed by atoms with Crippen LogP contribution >= 0.6 is 0 Å². The van der Waals surface area contributed by atoms with Crippen molar-refractivity contribution < 1.29 is 21.7 Å². The van der Waals surface area contributed by atoms with Crippen LogP contribution in [0.2, 0.25) is 0 Å². The lowest BCUT2D eigenvalue weighted by molar-refractivity contribution is 0.359. The van der Waals surface area contributed by atoms with Gasteiger partial charge in [0.15, 0.2) is 0 Å². The van der Waals surface area contributed by atoms with Gasteiger partial charge in [0.1, 0.15) is 22.6 Å². The van der Waals surface area contributed by atoms with Crippen LogP contribution < -0.4 is 0 Å². The fourth-order valence-electron chi connectivity index (χ4n) is 4.28. The van der Waals surface area contributed by atoms with Gasteiger partial charge in [-0.25, -0.2) is 17.2 Å². The van der Waals surface area contributed by atoms with Crippen molar-refractivity contribution in [2.24, 2.45) is 0 Å². The van der Waals surface area contributed by atoms with Crippen LogP contribution in [-0.4, -0.2) is 29.7 Å². The third kappa shape index (κ3) is 4.36. The summed E-state index contributed by atoms with van der Waals surface area (Å²) in [6.45, 7) is 3.58. The van der Waals surface area contributed by atoms with E-state index >= 15 is 0 Å². The SMILES string of the molecule is Cc1cc(C(C)c2cc(F)c(CN3CCCC(C4=CCCC=C4)S3(=O)=O)cc2F)on1. The molecule has 1 saturated heterocycles. The fraction of sp³-hybridized carbons (Fsp3) is 0.435. The largest absolute Gasteiger partial charge is 0.361 e. The third-order valence-electron chi connectivity index (χ3n) is 6.04. The molecule has 2 aliphatic rings. The molecule has 0 spiro atoms. The lowest BCUT2D eigenvalue weighted by atomic mass is 9.96. The Morgan fingerprint density at radius 3 is 2.71 bits per heavy atom. The van der Waals surface area contributed by atoms with E-state index < -0.39 is 32.8 Å². The van der Waals surface area contributed by atoms with Gasteiger partial charge in [-0.15, -0.1) is 0 Å². The number of allylic oxidation sites excluding steroid dienone is 3. The maximum Gasteiger partial charge on any atom is 0.221 e. The normalized spacial score (nSPS) is 22.3. The second-order valence-corrected chi connectivity index (χ2v) is 10.4. The molecule has 166 valence electrons. The number of hydrogen-bond donors (Lipinski definition) is 0. The Morgan fingerprint density at radius 2 is 2.03 bits per heavy atom. The predicted molar refractivity (Wildman–Crippen MR) is 114 cm³/mol. The zero-order valence-electron chi connectivity index (χ0n) is 17.6. The summed E-state index contributed by atoms with van der Waals surface area (Å²) >= 11 is 0. The van der Waals surface area contributed by atoms with E-state index in [1.165, 1.54) is 4.31 Å². The lowest BCUT2D eigenvalue weighted by Gasteiger charge is -2.33. The predicted octanol–water partition coefficient (Wildman–Crippen LogP) is 4.98. The van der Waals surface area contributed by atoms with Gasteiger partial charge in [0, 0.05) is 36.2 Å². The molecule has 1 aliphatic carbocycles. The highest BCUT2D eigenvalue weighted by atomic mass is 32.2. The summed E-state index contributed by atoms with van der Waals surface area (Å²) in [5, 5.41) is 3.17. The second kappa shape index (κ2) is 8.67. The Hall–Kier alpha value is -2.32. The Kier molecular flexibility index (Phi) is 6.12. The minimum Gasteiger partial charge on any atom is -0.361 e. The zero-order chi connectivity index (χ0) is 22.2. The summed E-state index contributed by atoms with van der Waals surface area (Å²) in [5.41, 5.74) is 1.63. The van der Waals surface area contributed by atoms with Crippen molar-refractivity contribution in [2.45, 2.75) is 57.2 Å². The summed E-state index contributed by atoms with van der Waals surface area (Å²) in [5.74, 6) is -1.30. The van der Waals surface area contributed by atoms with Crippen LogP contribution in [-0.2, 0) is 16.6 Å². The molecular formula is C23H26F2N2O3S. The first kappa shape index (κ1) is 21.9. The van der Waals surface area contributed by atoms with Gasteiger partial charge in [-0.3, -0.25) is 0 Å². The number of halogens is 2. The molecule has 0 radical (unpaired) electrons. The first-order valence-corrected chi connectivity index (χ1v) is 12.0. The molecular weight excluding hydrogens is 422 g/mol. The van der Waals surface area contributed by atoms with Crippen molar-refractivity contribution in [3.05, 3.63) is 76.2 Å². The van der Waals surface area contributed by atoms with Gasteiger partial charge < -0.3 is 4.52 Å². The van der Waals surface area contributed by atoms with Crippen LogP contribution in [0.5, 0.6) is 0 Å². The van der Waals surface area contributed by atoms with E-state index in [1.807, 2.05) is 18.2 Å². The molecule has 0 bridgehead atoms. The molecule has 2 heterocycles. The van der Waals surface area contributed by atoms with E-state index in [1.54, 1.807) is 19.9 Å². The molecule has 0 N–H and O–H groups in total. The fourth-order valence-corrected chi connectivity index (χ4v) is 6.32. The summed E-state index contributed by atoms with van der Waals surface area (Å²) in [4.78, 5) is 0. The van der Waals surface area contributed by atoms with E-state index in [4.69, 9.17) is 4.52 Å². The standard InChI is InChI=1S/C23H26F2N2O3S/c1-15-11-22(30-26-15)16(2)19-13-20(24)18(12-21(19)25)14-27-10-6-9-23(31(27,28)29)17-7-4-3-5-8-17/h4,7-8,11-13,16,23H,3,5-6,9-10,14H2,1-2H3. The molecule has 4 rings (SSSR count). The number of rotatable bonds is 5. The quantitative estimate of drug-likeness (QED) is 0.647. The first-order chi connectivity index (χ1) is 14.8. The van der Waals surface area contributed by atoms with Crippen LogP contribution in [0.1, 0.15) is 61.1 Å². The van der Waals surface area contributed by atoms with E-state index in [0.29, 0.717) is 30.8 Å². The monoisotopic (exact) mass is 448 g/mol. The molecule has 0 saturated carbocycles. The Labute approximate surface area is 181 Å². The van der Waals surface area contributed by atoms with E-state index in [2.05, 4.69) is 5.16 Å². The van der Waals surface area contributed by atoms with Gasteiger partial charge in [0.25, 0.3) is 0 Å². The van der Waals surface area contributed by atoms with Crippen molar-refractivity contribution >= 4 is 10.0 Å². The van der Waals surface area contributed by atoms with Crippen molar-refractivity contribution in [3.8, 4) is 0 Å². The molecule has 2 atom stereocenters. The third-order valence-corrected chi connectivity index (χ3v) is 8.30. The molecule has 2 aromatic rings. The van der Waals surface area contributed by atoms with Crippen molar-refractivity contribution in [2.75, 3.05) is 6.54 Å². The van der Waals surface area contributed by atoms with Crippen LogP contribution in [0.15, 0.2) is 46.5 Å². The minimum absolute atomic E-state index is 0.0274. The highest BCUT2D eigenvalue weighted by Gasteiger charge is 2.38. The van der Waals surface area contributed by atoms with Crippen LogP contribution in [0, 0.1) is 18.6 Å². The second-order valence-electron chi connectivity index (χ2n) is 8.25. The zero-order valence-corrected chi connectivity index (χ0v) is 18.5. The van der Waals surface area contributed by atoms with Gasteiger partial charge in [0.05, 0.1) is 5.69 Å². The summed E-state index contributed by atoms with van der Waals surface area (Å²) < 4.78 is 62.6. The number of sulfonamides is 1. The molecule has 1 aromatic heterocycles. The van der Waals surface area contributed by atoms with Crippen molar-refractivity contribution in [1.29, 1.82) is 0 Å². The lowest BCUT2D eigenvalue weighted by Crippen LogP contribution is -2.44. The summed E-state index contributed by atoms with van der Waals surface area (Å²) in [6, 6.07) is 3.92. The van der Waals surface area contributed by atoms with Gasteiger partial charge in [0.2, 0.25) is 10.0 Å². The summed E-state index contributed by atoms with van der Waals surface area (Å²) in [6.07, 6.45) is 8.77. The molecule has 8 heteroatoms. The average molecular weight is 449 g/mol. The van der Waals surface area contributed by atoms with Gasteiger partial charge in [-0.05, 0) is 50.3 Å². The molecule has 1 fully saturated rings. The number of aryl methyl sites for hydroxylation is 1. The Morgan fingerprint density at radius 1 is 1.23 bits per heavy atom. The maximum atomic E-state index is 14.9. The molecule has 2 unspecified atom stereocenters.